The highest BCUT2D eigenvalue weighted by atomic mass is 32.1. The highest BCUT2D eigenvalue weighted by Gasteiger charge is 2.52. The molecule has 8 atom stereocenters. The van der Waals surface area contributed by atoms with Crippen molar-refractivity contribution in [3.8, 4) is 39.2 Å². The molecule has 1 aliphatic carbocycles. The number of carbonyl (C=O) groups is 5. The third-order valence-electron chi connectivity index (χ3n) is 21.0. The van der Waals surface area contributed by atoms with Gasteiger partial charge in [0.25, 0.3) is 5.88 Å². The normalized spacial score (nSPS) is 20.5. The summed E-state index contributed by atoms with van der Waals surface area (Å²) in [6.45, 7) is 17.3. The number of aromatic nitrogens is 5. The van der Waals surface area contributed by atoms with Gasteiger partial charge < -0.3 is 70.2 Å². The van der Waals surface area contributed by atoms with E-state index in [1.54, 1.807) is 29.5 Å². The number of nitrogens with one attached hydrogen (secondary N) is 3. The molecule has 26 nitrogen and oxygen atoms in total. The second-order valence-electron chi connectivity index (χ2n) is 28.8. The lowest BCUT2D eigenvalue weighted by molar-refractivity contribution is -0.162. The van der Waals surface area contributed by atoms with Crippen LogP contribution in [-0.2, 0) is 30.6 Å². The number of para-hydroxylation sites is 1. The summed E-state index contributed by atoms with van der Waals surface area (Å²) in [5.74, 6) is -1.57. The summed E-state index contributed by atoms with van der Waals surface area (Å²) in [6.07, 6.45) is 6.17. The maximum atomic E-state index is 14.4. The summed E-state index contributed by atoms with van der Waals surface area (Å²) < 4.78 is 24.7. The van der Waals surface area contributed by atoms with E-state index in [1.807, 2.05) is 120 Å². The number of piperazine rings is 2. The Morgan fingerprint density at radius 3 is 2.28 bits per heavy atom. The van der Waals surface area contributed by atoms with Crippen LogP contribution in [0.5, 0.6) is 17.5 Å². The number of thiazole rings is 1. The number of rotatable bonds is 31. The molecule has 7 aromatic rings. The fourth-order valence-corrected chi connectivity index (χ4v) is 15.8. The molecular formula is C76H97N15O11S. The van der Waals surface area contributed by atoms with Crippen LogP contribution in [0.2, 0.25) is 0 Å². The zero-order valence-corrected chi connectivity index (χ0v) is 60.7. The number of ether oxygens (including phenoxy) is 3. The number of β-amino-alcohol motifs (C(OH)–C–C–N with tert-alkyl or cyclic N) is 1. The van der Waals surface area contributed by atoms with Crippen molar-refractivity contribution in [1.82, 2.24) is 55.6 Å². The molecule has 7 N–H and O–H groups in total. The highest BCUT2D eigenvalue weighted by molar-refractivity contribution is 7.13. The lowest BCUT2D eigenvalue weighted by Gasteiger charge is -2.43. The van der Waals surface area contributed by atoms with Crippen molar-refractivity contribution >= 4 is 63.8 Å². The summed E-state index contributed by atoms with van der Waals surface area (Å²) in [5.41, 5.74) is 14.6. The summed E-state index contributed by atoms with van der Waals surface area (Å²) in [6, 6.07) is 29.4. The average Bonchev–Trinajstić information content (AvgIpc) is 1.76. The first kappa shape index (κ1) is 73.5. The molecule has 0 radical (unpaired) electrons. The minimum Gasteiger partial charge on any atom is -0.488 e. The number of anilines is 4. The molecule has 27 heteroatoms. The molecular weight excluding hydrogens is 1330 g/mol. The first-order valence-electron chi connectivity index (χ1n) is 36.1. The van der Waals surface area contributed by atoms with Crippen LogP contribution in [0.4, 0.5) is 22.9 Å². The average molecular weight is 1430 g/mol. The summed E-state index contributed by atoms with van der Waals surface area (Å²) in [5, 5.41) is 42.7. The van der Waals surface area contributed by atoms with Gasteiger partial charge >= 0.3 is 5.97 Å². The van der Waals surface area contributed by atoms with Crippen LogP contribution in [0.15, 0.2) is 113 Å². The Balaban J connectivity index is 0.580. The molecule has 4 unspecified atom stereocenters. The van der Waals surface area contributed by atoms with Gasteiger partial charge in [-0.05, 0) is 151 Å². The van der Waals surface area contributed by atoms with E-state index >= 15 is 0 Å². The highest BCUT2D eigenvalue weighted by Crippen LogP contribution is 2.43. The molecule has 0 spiro atoms. The van der Waals surface area contributed by atoms with E-state index in [9.17, 15) is 34.2 Å². The van der Waals surface area contributed by atoms with E-state index in [0.717, 1.165) is 109 Å². The molecule has 1 saturated carbocycles. The Bertz CT molecular complexity index is 4060. The van der Waals surface area contributed by atoms with Gasteiger partial charge in [-0.25, -0.2) is 9.97 Å². The number of unbranched alkanes of at least 4 members (excludes halogenated alkanes) is 1. The number of carboxylic acids is 1. The van der Waals surface area contributed by atoms with Gasteiger partial charge in [0.15, 0.2) is 11.6 Å². The molecule has 2 bridgehead atoms. The molecule has 4 saturated heterocycles. The number of nitrogens with two attached hydrogens (primary N) is 1. The number of hydrogen-bond acceptors (Lipinski definition) is 22. The summed E-state index contributed by atoms with van der Waals surface area (Å²) >= 11 is 1.59. The predicted molar refractivity (Wildman–Crippen MR) is 393 cm³/mol. The Kier molecular flexibility index (Phi) is 23.5. The van der Waals surface area contributed by atoms with E-state index in [1.165, 1.54) is 4.90 Å². The number of carbonyl (C=O) groups excluding carboxylic acids is 4. The van der Waals surface area contributed by atoms with Crippen molar-refractivity contribution in [3.05, 3.63) is 131 Å². The number of aliphatic hydroxyl groups is 1. The second kappa shape index (κ2) is 33.0. The van der Waals surface area contributed by atoms with Gasteiger partial charge in [0.1, 0.15) is 49.0 Å². The zero-order valence-electron chi connectivity index (χ0n) is 59.9. The molecule has 4 aromatic heterocycles. The van der Waals surface area contributed by atoms with Gasteiger partial charge in [0.05, 0.1) is 39.6 Å². The van der Waals surface area contributed by atoms with Crippen LogP contribution in [0.25, 0.3) is 21.7 Å². The zero-order chi connectivity index (χ0) is 72.5. The SMILES string of the molecule is Cc1ncsc1-c1ccc([C@H](C)NC(=O)[C@@H]2C[C@@H](O)CN2C(=O)C(c2cc(OCCN3CCN(CCOc4cc(N5C6CCC5CN(c5cc(-c7ccccc7OCc7ccc(NC(=O)[C@H](CCCCN(C)C)NC(=O)C8(C(=O)O)CCC8)cc7)nnc5N)C6)ccn4)C(C)C3)no2)C(C)C)cc1. The van der Waals surface area contributed by atoms with Crippen molar-refractivity contribution in [2.24, 2.45) is 11.3 Å². The Labute approximate surface area is 605 Å². The Hall–Kier alpha value is -9.28. The summed E-state index contributed by atoms with van der Waals surface area (Å²) in [7, 11) is 3.95. The number of aryl methyl sites for hydroxylation is 1. The number of hydrogen-bond donors (Lipinski definition) is 6. The van der Waals surface area contributed by atoms with Crippen LogP contribution < -0.4 is 45.7 Å². The van der Waals surface area contributed by atoms with E-state index in [-0.39, 0.29) is 80.2 Å². The topological polar surface area (TPSA) is 313 Å². The van der Waals surface area contributed by atoms with Crippen LogP contribution in [0.3, 0.4) is 0 Å². The number of aliphatic carboxylic acids is 1. The van der Waals surface area contributed by atoms with Gasteiger partial charge in [-0.2, -0.15) is 0 Å². The number of likely N-dealkylation sites (tertiary alicyclic amines) is 1. The third kappa shape index (κ3) is 17.4. The molecule has 8 heterocycles. The Morgan fingerprint density at radius 1 is 0.835 bits per heavy atom. The third-order valence-corrected chi connectivity index (χ3v) is 21.9. The van der Waals surface area contributed by atoms with Crippen LogP contribution in [-0.4, -0.2) is 207 Å². The quantitative estimate of drug-likeness (QED) is 0.0175. The minimum atomic E-state index is -1.49. The summed E-state index contributed by atoms with van der Waals surface area (Å²) in [4.78, 5) is 90.5. The monoisotopic (exact) mass is 1430 g/mol. The van der Waals surface area contributed by atoms with Crippen molar-refractivity contribution < 1.29 is 52.9 Å². The van der Waals surface area contributed by atoms with E-state index in [0.29, 0.717) is 73.6 Å². The largest absolute Gasteiger partial charge is 0.488 e. The molecule has 103 heavy (non-hydrogen) atoms. The van der Waals surface area contributed by atoms with Crippen molar-refractivity contribution in [2.45, 2.75) is 147 Å². The first-order valence-corrected chi connectivity index (χ1v) is 37.0. The number of pyridine rings is 1. The standard InChI is InChI=1S/C76H97N15O11S/c1-47(2)68(73(95)90-44-58(92)38-63(90)72(94)80-49(4)52-18-20-53(21-19-52)69-50(5)79-46-103-69)65-40-67(85-102-65)100-35-33-87-31-32-88(48(3)41-87)34-36-99-66-37-55(26-29-78-66)91-56-24-25-57(91)43-89(42-56)62-39-61(83-84-70(62)77)59-13-8-9-15-64(59)101-45-51-16-22-54(23-17-51)81-71(93)60(14-10-11-30-86(6)7)82-74(96)76(75(97)98)27-12-28-76/h8-9,13,15-23,26,29,37,39-40,46-49,56-58,60,63,68,92H,10-12,14,24-25,27-28,30-36,38,41-45H2,1-7H3,(H2,77,84)(H,80,94)(H,81,93)(H,82,96)(H,97,98)/t48?,49-,56?,57?,58+,60-,63-,68?/m0/s1. The van der Waals surface area contributed by atoms with E-state index in [2.05, 4.69) is 84.8 Å². The number of benzene rings is 3. The number of nitrogens with zero attached hydrogens (tertiary/aromatic N) is 11. The molecule has 5 aliphatic rings. The van der Waals surface area contributed by atoms with Crippen LogP contribution in [0, 0.1) is 18.3 Å². The van der Waals surface area contributed by atoms with Crippen molar-refractivity contribution in [2.75, 3.05) is 107 Å². The second-order valence-corrected chi connectivity index (χ2v) is 29.6. The van der Waals surface area contributed by atoms with Crippen LogP contribution >= 0.6 is 11.3 Å². The van der Waals surface area contributed by atoms with Crippen molar-refractivity contribution in [3.63, 3.8) is 0 Å². The number of amides is 4. The van der Waals surface area contributed by atoms with Gasteiger partial charge in [-0.1, -0.05) is 68.8 Å². The van der Waals surface area contributed by atoms with Crippen molar-refractivity contribution in [1.29, 1.82) is 0 Å². The molecule has 5 fully saturated rings. The number of fused-ring (bicyclic) bond motifs is 2. The smallest absolute Gasteiger partial charge is 0.319 e. The Morgan fingerprint density at radius 2 is 1.58 bits per heavy atom. The molecule has 4 aliphatic heterocycles. The number of nitrogen functional groups attached to an aromatic ring is 1. The number of aliphatic hydroxyl groups excluding tert-OH is 1. The maximum Gasteiger partial charge on any atom is 0.319 e. The molecule has 4 amide bonds. The van der Waals surface area contributed by atoms with E-state index in [4.69, 9.17) is 24.5 Å². The maximum absolute atomic E-state index is 14.4. The van der Waals surface area contributed by atoms with Gasteiger partial charge in [0, 0.05) is 112 Å². The number of carboxylic acid groups (broad SMARTS) is 1. The lowest BCUT2D eigenvalue weighted by Crippen LogP contribution is -2.55. The fourth-order valence-electron chi connectivity index (χ4n) is 15.0. The molecule has 3 aromatic carbocycles. The minimum absolute atomic E-state index is 0.0363. The first-order chi connectivity index (χ1) is 49.7. The van der Waals surface area contributed by atoms with Gasteiger partial charge in [0.2, 0.25) is 29.5 Å². The van der Waals surface area contributed by atoms with Gasteiger partial charge in [-0.15, -0.1) is 21.5 Å². The predicted octanol–water partition coefficient (Wildman–Crippen LogP) is 8.43. The molecule has 12 rings (SSSR count). The molecule has 548 valence electrons. The van der Waals surface area contributed by atoms with E-state index < -0.39 is 47.3 Å². The lowest BCUT2D eigenvalue weighted by atomic mass is 9.68. The van der Waals surface area contributed by atoms with Crippen LogP contribution in [0.1, 0.15) is 120 Å². The van der Waals surface area contributed by atoms with Gasteiger partial charge in [-0.3, -0.25) is 33.8 Å². The fraction of sp³-hybridized carbons (Fsp3) is 0.500.